The number of ether oxygens (including phenoxy) is 3. The largest absolute Gasteiger partial charge is 0.464 e. The van der Waals surface area contributed by atoms with Crippen LogP contribution < -0.4 is 0 Å². The molecule has 190 valence electrons. The molecule has 0 N–H and O–H groups in total. The summed E-state index contributed by atoms with van der Waals surface area (Å²) in [5, 5.41) is 0. The summed E-state index contributed by atoms with van der Waals surface area (Å²) in [6, 6.07) is 0. The van der Waals surface area contributed by atoms with E-state index in [2.05, 4.69) is 4.74 Å². The Labute approximate surface area is 190 Å². The average Bonchev–Trinajstić information content (AvgIpc) is 2.64. The third kappa shape index (κ3) is 5.46. The van der Waals surface area contributed by atoms with E-state index in [1.54, 1.807) is 0 Å². The summed E-state index contributed by atoms with van der Waals surface area (Å²) in [5.74, 6) is -5.63. The second kappa shape index (κ2) is 8.64. The predicted molar refractivity (Wildman–Crippen MR) is 107 cm³/mol. The average molecular weight is 485 g/mol. The number of esters is 2. The second-order valence-corrected chi connectivity index (χ2v) is 10.8. The molecule has 0 heterocycles. The Morgan fingerprint density at radius 1 is 1.00 bits per heavy atom. The number of rotatable bonds is 9. The molecule has 5 nitrogen and oxygen atoms in total. The molecule has 0 aromatic heterocycles. The van der Waals surface area contributed by atoms with E-state index < -0.39 is 53.8 Å². The van der Waals surface area contributed by atoms with Gasteiger partial charge >= 0.3 is 24.0 Å². The smallest absolute Gasteiger partial charge is 0.453 e. The molecule has 4 fully saturated rings. The zero-order valence-corrected chi connectivity index (χ0v) is 19.5. The molecule has 3 unspecified atom stereocenters. The number of halogens is 5. The van der Waals surface area contributed by atoms with Crippen molar-refractivity contribution < 1.29 is 45.8 Å². The van der Waals surface area contributed by atoms with Gasteiger partial charge in [0.2, 0.25) is 0 Å². The fraction of sp³-hybridized carbons (Fsp3) is 0.913. The SMILES string of the molecule is CCC(C)(C)C(=O)OC12CC3CC(C1)CC(OC(C)C(=O)OCCC(F)(F)C(F)(F)F)(C3)C2. The Morgan fingerprint density at radius 3 is 2.06 bits per heavy atom. The topological polar surface area (TPSA) is 61.8 Å². The van der Waals surface area contributed by atoms with Crippen LogP contribution >= 0.6 is 0 Å². The summed E-state index contributed by atoms with van der Waals surface area (Å²) in [4.78, 5) is 25.1. The van der Waals surface area contributed by atoms with Crippen LogP contribution in [-0.4, -0.2) is 48.0 Å². The standard InChI is InChI=1S/C23H33F5O5/c1-5-19(3,4)18(30)33-21-11-15-8-16(12-21)10-20(9-15,13-21)32-14(2)17(29)31-7-6-22(24,25)23(26,27)28/h14-16H,5-13H2,1-4H3. The van der Waals surface area contributed by atoms with Gasteiger partial charge in [0, 0.05) is 6.42 Å². The highest BCUT2D eigenvalue weighted by atomic mass is 19.4. The molecule has 0 aromatic rings. The first kappa shape index (κ1) is 26.2. The van der Waals surface area contributed by atoms with Gasteiger partial charge in [-0.1, -0.05) is 6.92 Å². The minimum Gasteiger partial charge on any atom is -0.464 e. The Hall–Kier alpha value is -1.45. The molecule has 0 spiro atoms. The van der Waals surface area contributed by atoms with Crippen LogP contribution in [0.25, 0.3) is 0 Å². The van der Waals surface area contributed by atoms with Crippen molar-refractivity contribution in [3.05, 3.63) is 0 Å². The predicted octanol–water partition coefficient (Wildman–Crippen LogP) is 5.59. The van der Waals surface area contributed by atoms with Crippen molar-refractivity contribution in [2.75, 3.05) is 6.61 Å². The van der Waals surface area contributed by atoms with Crippen molar-refractivity contribution in [1.82, 2.24) is 0 Å². The first-order valence-corrected chi connectivity index (χ1v) is 11.5. The van der Waals surface area contributed by atoms with Crippen LogP contribution in [0.3, 0.4) is 0 Å². The van der Waals surface area contributed by atoms with Crippen LogP contribution in [0, 0.1) is 17.3 Å². The molecular formula is C23H33F5O5. The lowest BCUT2D eigenvalue weighted by molar-refractivity contribution is -0.287. The number of alkyl halides is 5. The Kier molecular flexibility index (Phi) is 6.85. The molecule has 0 radical (unpaired) electrons. The maximum absolute atomic E-state index is 13.0. The second-order valence-electron chi connectivity index (χ2n) is 10.8. The lowest BCUT2D eigenvalue weighted by Gasteiger charge is -2.61. The van der Waals surface area contributed by atoms with E-state index in [0.717, 1.165) is 19.3 Å². The molecule has 10 heteroatoms. The summed E-state index contributed by atoms with van der Waals surface area (Å²) in [7, 11) is 0. The van der Waals surface area contributed by atoms with Gasteiger partial charge in [-0.3, -0.25) is 4.79 Å². The summed E-state index contributed by atoms with van der Waals surface area (Å²) in [5.41, 5.74) is -1.99. The van der Waals surface area contributed by atoms with Crippen molar-refractivity contribution in [2.45, 2.75) is 108 Å². The first-order valence-electron chi connectivity index (χ1n) is 11.5. The monoisotopic (exact) mass is 484 g/mol. The minimum absolute atomic E-state index is 0.264. The lowest BCUT2D eigenvalue weighted by Crippen LogP contribution is -2.62. The van der Waals surface area contributed by atoms with Gasteiger partial charge in [0.1, 0.15) is 5.60 Å². The van der Waals surface area contributed by atoms with Gasteiger partial charge in [0.15, 0.2) is 6.10 Å². The highest BCUT2D eigenvalue weighted by Crippen LogP contribution is 2.60. The van der Waals surface area contributed by atoms with E-state index in [-0.39, 0.29) is 17.8 Å². The van der Waals surface area contributed by atoms with Crippen LogP contribution in [-0.2, 0) is 23.8 Å². The third-order valence-electron chi connectivity index (χ3n) is 7.53. The van der Waals surface area contributed by atoms with Crippen LogP contribution in [0.5, 0.6) is 0 Å². The highest BCUT2D eigenvalue weighted by molar-refractivity contribution is 5.76. The fourth-order valence-corrected chi connectivity index (χ4v) is 5.79. The number of hydrogen-bond acceptors (Lipinski definition) is 5. The number of carbonyl (C=O) groups excluding carboxylic acids is 2. The number of carbonyl (C=O) groups is 2. The fourth-order valence-electron chi connectivity index (χ4n) is 5.79. The van der Waals surface area contributed by atoms with Crippen molar-refractivity contribution in [3.63, 3.8) is 0 Å². The molecule has 4 aliphatic rings. The van der Waals surface area contributed by atoms with E-state index in [0.29, 0.717) is 25.7 Å². The van der Waals surface area contributed by atoms with Crippen molar-refractivity contribution in [1.29, 1.82) is 0 Å². The number of hydrogen-bond donors (Lipinski definition) is 0. The molecule has 4 rings (SSSR count). The van der Waals surface area contributed by atoms with Crippen LogP contribution in [0.15, 0.2) is 0 Å². The van der Waals surface area contributed by atoms with Crippen molar-refractivity contribution in [2.24, 2.45) is 17.3 Å². The molecule has 4 aliphatic carbocycles. The Morgan fingerprint density at radius 2 is 1.55 bits per heavy atom. The van der Waals surface area contributed by atoms with E-state index >= 15 is 0 Å². The van der Waals surface area contributed by atoms with Crippen molar-refractivity contribution >= 4 is 11.9 Å². The maximum Gasteiger partial charge on any atom is 0.453 e. The Balaban J connectivity index is 1.62. The molecule has 0 saturated heterocycles. The zero-order chi connectivity index (χ0) is 24.9. The molecule has 0 aliphatic heterocycles. The first-order chi connectivity index (χ1) is 15.0. The van der Waals surface area contributed by atoms with Crippen LogP contribution in [0.2, 0.25) is 0 Å². The van der Waals surface area contributed by atoms with E-state index in [9.17, 15) is 31.5 Å². The zero-order valence-electron chi connectivity index (χ0n) is 19.5. The Bertz CT molecular complexity index is 749. The summed E-state index contributed by atoms with van der Waals surface area (Å²) in [6.07, 6.45) is -3.57. The van der Waals surface area contributed by atoms with Gasteiger partial charge in [0.05, 0.1) is 24.0 Å². The molecule has 0 aromatic carbocycles. The van der Waals surface area contributed by atoms with Gasteiger partial charge < -0.3 is 14.2 Å². The van der Waals surface area contributed by atoms with E-state index in [1.807, 2.05) is 20.8 Å². The molecule has 4 saturated carbocycles. The molecule has 4 bridgehead atoms. The van der Waals surface area contributed by atoms with Crippen molar-refractivity contribution in [3.8, 4) is 0 Å². The molecular weight excluding hydrogens is 451 g/mol. The quantitative estimate of drug-likeness (QED) is 0.315. The summed E-state index contributed by atoms with van der Waals surface area (Å²) in [6.45, 7) is 5.93. The maximum atomic E-state index is 13.0. The third-order valence-corrected chi connectivity index (χ3v) is 7.53. The van der Waals surface area contributed by atoms with Gasteiger partial charge in [-0.2, -0.15) is 22.0 Å². The normalized spacial score (nSPS) is 32.5. The van der Waals surface area contributed by atoms with Gasteiger partial charge in [0.25, 0.3) is 0 Å². The summed E-state index contributed by atoms with van der Waals surface area (Å²) < 4.78 is 79.8. The summed E-state index contributed by atoms with van der Waals surface area (Å²) >= 11 is 0. The lowest BCUT2D eigenvalue weighted by atomic mass is 9.52. The van der Waals surface area contributed by atoms with E-state index in [1.165, 1.54) is 6.92 Å². The van der Waals surface area contributed by atoms with E-state index in [4.69, 9.17) is 9.47 Å². The van der Waals surface area contributed by atoms with Crippen LogP contribution in [0.1, 0.15) is 79.1 Å². The highest BCUT2D eigenvalue weighted by Gasteiger charge is 2.61. The van der Waals surface area contributed by atoms with Gasteiger partial charge in [-0.05, 0) is 71.1 Å². The molecule has 3 atom stereocenters. The molecule has 0 amide bonds. The molecule has 33 heavy (non-hydrogen) atoms. The van der Waals surface area contributed by atoms with Crippen LogP contribution in [0.4, 0.5) is 22.0 Å². The van der Waals surface area contributed by atoms with Gasteiger partial charge in [-0.15, -0.1) is 0 Å². The minimum atomic E-state index is -5.70. The van der Waals surface area contributed by atoms with Gasteiger partial charge in [-0.25, -0.2) is 4.79 Å².